The molecule has 0 saturated heterocycles. The normalized spacial score (nSPS) is 12.1. The maximum atomic E-state index is 11.7. The molecule has 0 aromatic heterocycles. The number of nitrogens with zero attached hydrogens (tertiary/aromatic N) is 1. The number of amides is 1. The van der Waals surface area contributed by atoms with Crippen LogP contribution in [0.3, 0.4) is 0 Å². The predicted molar refractivity (Wildman–Crippen MR) is 84.9 cm³/mol. The van der Waals surface area contributed by atoms with E-state index in [4.69, 9.17) is 10.5 Å². The zero-order valence-corrected chi connectivity index (χ0v) is 13.9. The standard InChI is InChI=1S/C15H23BrN2O2/c1-4-12(17)8-11-9-13(6-7-14(11)16)20-10-15(19)18(3)5-2/h6-7,9,12H,4-5,8,10,17H2,1-3H3. The predicted octanol–water partition coefficient (Wildman–Crippen LogP) is 2.59. The maximum absolute atomic E-state index is 11.7. The van der Waals surface area contributed by atoms with E-state index in [1.54, 1.807) is 11.9 Å². The molecule has 0 spiro atoms. The number of likely N-dealkylation sites (N-methyl/N-ethyl adjacent to an activating group) is 1. The van der Waals surface area contributed by atoms with E-state index in [-0.39, 0.29) is 18.6 Å². The Hall–Kier alpha value is -1.07. The highest BCUT2D eigenvalue weighted by Crippen LogP contribution is 2.24. The summed E-state index contributed by atoms with van der Waals surface area (Å²) in [5.74, 6) is 0.673. The molecule has 1 atom stereocenters. The minimum absolute atomic E-state index is 0.0257. The third-order valence-electron chi connectivity index (χ3n) is 3.29. The van der Waals surface area contributed by atoms with Crippen LogP contribution in [0.4, 0.5) is 0 Å². The van der Waals surface area contributed by atoms with Crippen molar-refractivity contribution in [3.8, 4) is 5.75 Å². The summed E-state index contributed by atoms with van der Waals surface area (Å²) in [7, 11) is 1.76. The van der Waals surface area contributed by atoms with Gasteiger partial charge < -0.3 is 15.4 Å². The summed E-state index contributed by atoms with van der Waals surface area (Å²) in [6.45, 7) is 4.74. The van der Waals surface area contributed by atoms with E-state index in [0.29, 0.717) is 12.3 Å². The third kappa shape index (κ3) is 5.13. The first-order valence-electron chi connectivity index (χ1n) is 6.88. The Kier molecular flexibility index (Phi) is 7.02. The number of halogens is 1. The summed E-state index contributed by atoms with van der Waals surface area (Å²) < 4.78 is 6.57. The average Bonchev–Trinajstić information content (AvgIpc) is 2.46. The van der Waals surface area contributed by atoms with Crippen LogP contribution in [0.15, 0.2) is 22.7 Å². The molecule has 1 amide bonds. The van der Waals surface area contributed by atoms with Crippen LogP contribution in [0.2, 0.25) is 0 Å². The minimum Gasteiger partial charge on any atom is -0.484 e. The van der Waals surface area contributed by atoms with E-state index in [0.717, 1.165) is 22.9 Å². The van der Waals surface area contributed by atoms with Crippen molar-refractivity contribution in [2.24, 2.45) is 5.73 Å². The van der Waals surface area contributed by atoms with Gasteiger partial charge in [0.15, 0.2) is 6.61 Å². The summed E-state index contributed by atoms with van der Waals surface area (Å²) in [5.41, 5.74) is 7.09. The lowest BCUT2D eigenvalue weighted by atomic mass is 10.0. The second kappa shape index (κ2) is 8.27. The molecule has 4 nitrogen and oxygen atoms in total. The van der Waals surface area contributed by atoms with Crippen LogP contribution in [0.25, 0.3) is 0 Å². The highest BCUT2D eigenvalue weighted by molar-refractivity contribution is 9.10. The Bertz CT molecular complexity index is 451. The quantitative estimate of drug-likeness (QED) is 0.828. The summed E-state index contributed by atoms with van der Waals surface area (Å²) in [5, 5.41) is 0. The van der Waals surface area contributed by atoms with Crippen molar-refractivity contribution in [1.29, 1.82) is 0 Å². The number of carbonyl (C=O) groups is 1. The molecule has 20 heavy (non-hydrogen) atoms. The summed E-state index contributed by atoms with van der Waals surface area (Å²) in [4.78, 5) is 13.3. The second-order valence-electron chi connectivity index (χ2n) is 4.82. The van der Waals surface area contributed by atoms with Gasteiger partial charge in [0.05, 0.1) is 0 Å². The Morgan fingerprint density at radius 1 is 1.45 bits per heavy atom. The molecule has 0 aliphatic heterocycles. The Balaban J connectivity index is 2.67. The van der Waals surface area contributed by atoms with Gasteiger partial charge in [-0.2, -0.15) is 0 Å². The zero-order valence-electron chi connectivity index (χ0n) is 12.4. The van der Waals surface area contributed by atoms with E-state index in [1.165, 1.54) is 0 Å². The van der Waals surface area contributed by atoms with Crippen molar-refractivity contribution in [2.45, 2.75) is 32.7 Å². The molecular formula is C15H23BrN2O2. The third-order valence-corrected chi connectivity index (χ3v) is 4.06. The monoisotopic (exact) mass is 342 g/mol. The van der Waals surface area contributed by atoms with Crippen molar-refractivity contribution >= 4 is 21.8 Å². The van der Waals surface area contributed by atoms with E-state index >= 15 is 0 Å². The first-order valence-corrected chi connectivity index (χ1v) is 7.68. The van der Waals surface area contributed by atoms with Gasteiger partial charge in [0.2, 0.25) is 0 Å². The van der Waals surface area contributed by atoms with Gasteiger partial charge in [0, 0.05) is 24.1 Å². The van der Waals surface area contributed by atoms with Crippen LogP contribution in [0.5, 0.6) is 5.75 Å². The maximum Gasteiger partial charge on any atom is 0.260 e. The lowest BCUT2D eigenvalue weighted by molar-refractivity contribution is -0.131. The molecule has 5 heteroatoms. The number of nitrogens with two attached hydrogens (primary N) is 1. The highest BCUT2D eigenvalue weighted by atomic mass is 79.9. The van der Waals surface area contributed by atoms with Crippen LogP contribution < -0.4 is 10.5 Å². The molecule has 2 N–H and O–H groups in total. The SMILES string of the molecule is CCC(N)Cc1cc(OCC(=O)N(C)CC)ccc1Br. The fourth-order valence-electron chi connectivity index (χ4n) is 1.66. The van der Waals surface area contributed by atoms with Crippen molar-refractivity contribution < 1.29 is 9.53 Å². The van der Waals surface area contributed by atoms with E-state index in [9.17, 15) is 4.79 Å². The number of hydrogen-bond acceptors (Lipinski definition) is 3. The van der Waals surface area contributed by atoms with Gasteiger partial charge in [-0.05, 0) is 43.5 Å². The van der Waals surface area contributed by atoms with Crippen LogP contribution in [-0.4, -0.2) is 37.0 Å². The van der Waals surface area contributed by atoms with E-state index in [2.05, 4.69) is 22.9 Å². The molecule has 0 bridgehead atoms. The number of hydrogen-bond donors (Lipinski definition) is 1. The zero-order chi connectivity index (χ0) is 15.1. The van der Waals surface area contributed by atoms with Gasteiger partial charge in [-0.3, -0.25) is 4.79 Å². The molecule has 0 aliphatic carbocycles. The van der Waals surface area contributed by atoms with Crippen LogP contribution in [0, 0.1) is 0 Å². The van der Waals surface area contributed by atoms with Gasteiger partial charge in [-0.15, -0.1) is 0 Å². The van der Waals surface area contributed by atoms with Gasteiger partial charge in [0.1, 0.15) is 5.75 Å². The summed E-state index contributed by atoms with van der Waals surface area (Å²) in [6.07, 6.45) is 1.72. The molecule has 1 aromatic carbocycles. The van der Waals surface area contributed by atoms with Crippen LogP contribution in [-0.2, 0) is 11.2 Å². The molecule has 0 aliphatic rings. The summed E-state index contributed by atoms with van der Waals surface area (Å²) in [6, 6.07) is 5.86. The van der Waals surface area contributed by atoms with Crippen molar-refractivity contribution in [1.82, 2.24) is 4.90 Å². The first kappa shape index (κ1) is 17.0. The van der Waals surface area contributed by atoms with Crippen LogP contribution >= 0.6 is 15.9 Å². The topological polar surface area (TPSA) is 55.6 Å². The van der Waals surface area contributed by atoms with Gasteiger partial charge in [-0.1, -0.05) is 22.9 Å². The lowest BCUT2D eigenvalue weighted by Gasteiger charge is -2.16. The molecule has 1 aromatic rings. The summed E-state index contributed by atoms with van der Waals surface area (Å²) >= 11 is 3.52. The fraction of sp³-hybridized carbons (Fsp3) is 0.533. The lowest BCUT2D eigenvalue weighted by Crippen LogP contribution is -2.31. The molecule has 0 radical (unpaired) electrons. The molecule has 112 valence electrons. The van der Waals surface area contributed by atoms with Crippen molar-refractivity contribution in [2.75, 3.05) is 20.2 Å². The molecule has 1 rings (SSSR count). The smallest absolute Gasteiger partial charge is 0.260 e. The highest BCUT2D eigenvalue weighted by Gasteiger charge is 2.10. The molecule has 0 heterocycles. The Morgan fingerprint density at radius 2 is 2.15 bits per heavy atom. The molecular weight excluding hydrogens is 320 g/mol. The van der Waals surface area contributed by atoms with Gasteiger partial charge >= 0.3 is 0 Å². The molecule has 1 unspecified atom stereocenters. The van der Waals surface area contributed by atoms with E-state index in [1.807, 2.05) is 25.1 Å². The second-order valence-corrected chi connectivity index (χ2v) is 5.68. The van der Waals surface area contributed by atoms with E-state index < -0.39 is 0 Å². The number of rotatable bonds is 7. The first-order chi connectivity index (χ1) is 9.47. The Morgan fingerprint density at radius 3 is 2.75 bits per heavy atom. The van der Waals surface area contributed by atoms with Crippen LogP contribution in [0.1, 0.15) is 25.8 Å². The largest absolute Gasteiger partial charge is 0.484 e. The number of ether oxygens (including phenoxy) is 1. The average molecular weight is 343 g/mol. The molecule has 0 fully saturated rings. The van der Waals surface area contributed by atoms with Crippen molar-refractivity contribution in [3.05, 3.63) is 28.2 Å². The minimum atomic E-state index is -0.0257. The molecule has 0 saturated carbocycles. The van der Waals surface area contributed by atoms with Gasteiger partial charge in [-0.25, -0.2) is 0 Å². The fourth-order valence-corrected chi connectivity index (χ4v) is 2.06. The van der Waals surface area contributed by atoms with Crippen molar-refractivity contribution in [3.63, 3.8) is 0 Å². The van der Waals surface area contributed by atoms with Gasteiger partial charge in [0.25, 0.3) is 5.91 Å². The number of benzene rings is 1. The Labute approximate surface area is 129 Å². The number of carbonyl (C=O) groups excluding carboxylic acids is 1.